The molecule has 102 valence electrons. The zero-order valence-electron chi connectivity index (χ0n) is 12.0. The standard InChI is InChI=1S/C16H27NO/c1-4-16(5-2,18-3)15(17)13-9-12-14-10-7-6-8-11-14/h6-8,10-11,15H,4-5,9,12-13,17H2,1-3H3. The highest BCUT2D eigenvalue weighted by Crippen LogP contribution is 2.25. The molecule has 0 bridgehead atoms. The molecule has 0 radical (unpaired) electrons. The summed E-state index contributed by atoms with van der Waals surface area (Å²) in [7, 11) is 1.78. The molecule has 2 nitrogen and oxygen atoms in total. The zero-order chi connectivity index (χ0) is 13.4. The van der Waals surface area contributed by atoms with Gasteiger partial charge < -0.3 is 10.5 Å². The van der Waals surface area contributed by atoms with Gasteiger partial charge in [0.25, 0.3) is 0 Å². The smallest absolute Gasteiger partial charge is 0.0823 e. The summed E-state index contributed by atoms with van der Waals surface area (Å²) in [6.07, 6.45) is 5.20. The fourth-order valence-electron chi connectivity index (χ4n) is 2.65. The van der Waals surface area contributed by atoms with Crippen molar-refractivity contribution >= 4 is 0 Å². The highest BCUT2D eigenvalue weighted by molar-refractivity contribution is 5.14. The Labute approximate surface area is 112 Å². The van der Waals surface area contributed by atoms with Gasteiger partial charge in [-0.05, 0) is 37.7 Å². The van der Waals surface area contributed by atoms with E-state index in [-0.39, 0.29) is 11.6 Å². The predicted molar refractivity (Wildman–Crippen MR) is 77.7 cm³/mol. The van der Waals surface area contributed by atoms with Gasteiger partial charge in [0.1, 0.15) is 0 Å². The quantitative estimate of drug-likeness (QED) is 0.765. The number of methoxy groups -OCH3 is 1. The molecule has 0 aromatic heterocycles. The van der Waals surface area contributed by atoms with E-state index in [2.05, 4.69) is 44.2 Å². The molecule has 18 heavy (non-hydrogen) atoms. The molecule has 1 aromatic rings. The second-order valence-corrected chi connectivity index (χ2v) is 4.96. The van der Waals surface area contributed by atoms with Crippen molar-refractivity contribution in [3.63, 3.8) is 0 Å². The summed E-state index contributed by atoms with van der Waals surface area (Å²) in [6, 6.07) is 10.7. The van der Waals surface area contributed by atoms with Crippen LogP contribution in [0.15, 0.2) is 30.3 Å². The van der Waals surface area contributed by atoms with E-state index in [4.69, 9.17) is 10.5 Å². The molecule has 0 spiro atoms. The molecule has 0 aliphatic heterocycles. The van der Waals surface area contributed by atoms with Crippen molar-refractivity contribution < 1.29 is 4.74 Å². The van der Waals surface area contributed by atoms with E-state index in [9.17, 15) is 0 Å². The minimum Gasteiger partial charge on any atom is -0.377 e. The van der Waals surface area contributed by atoms with Gasteiger partial charge in [-0.3, -0.25) is 0 Å². The summed E-state index contributed by atoms with van der Waals surface area (Å²) in [4.78, 5) is 0. The van der Waals surface area contributed by atoms with Gasteiger partial charge in [0.2, 0.25) is 0 Å². The van der Waals surface area contributed by atoms with Crippen LogP contribution in [-0.2, 0) is 11.2 Å². The number of nitrogens with two attached hydrogens (primary N) is 1. The van der Waals surface area contributed by atoms with Gasteiger partial charge in [0.15, 0.2) is 0 Å². The molecule has 1 atom stereocenters. The molecule has 1 aromatic carbocycles. The Morgan fingerprint density at radius 2 is 1.78 bits per heavy atom. The molecule has 0 saturated carbocycles. The highest BCUT2D eigenvalue weighted by Gasteiger charge is 2.32. The van der Waals surface area contributed by atoms with Crippen LogP contribution in [-0.4, -0.2) is 18.8 Å². The lowest BCUT2D eigenvalue weighted by Crippen LogP contribution is -2.48. The van der Waals surface area contributed by atoms with Gasteiger partial charge in [-0.15, -0.1) is 0 Å². The SMILES string of the molecule is CCC(CC)(OC)C(N)CCCc1ccccc1. The first-order valence-electron chi connectivity index (χ1n) is 7.03. The van der Waals surface area contributed by atoms with Crippen molar-refractivity contribution in [3.05, 3.63) is 35.9 Å². The monoisotopic (exact) mass is 249 g/mol. The lowest BCUT2D eigenvalue weighted by molar-refractivity contribution is -0.0397. The van der Waals surface area contributed by atoms with Crippen molar-refractivity contribution in [1.29, 1.82) is 0 Å². The zero-order valence-corrected chi connectivity index (χ0v) is 12.0. The Morgan fingerprint density at radius 3 is 2.28 bits per heavy atom. The molecule has 2 heteroatoms. The topological polar surface area (TPSA) is 35.2 Å². The van der Waals surface area contributed by atoms with Gasteiger partial charge in [0.05, 0.1) is 5.60 Å². The first-order chi connectivity index (χ1) is 8.68. The van der Waals surface area contributed by atoms with Gasteiger partial charge in [-0.1, -0.05) is 44.2 Å². The summed E-state index contributed by atoms with van der Waals surface area (Å²) in [5, 5.41) is 0. The maximum absolute atomic E-state index is 6.32. The van der Waals surface area contributed by atoms with Crippen LogP contribution in [0.25, 0.3) is 0 Å². The summed E-state index contributed by atoms with van der Waals surface area (Å²) in [5.74, 6) is 0. The van der Waals surface area contributed by atoms with Crippen molar-refractivity contribution in [2.75, 3.05) is 7.11 Å². The van der Waals surface area contributed by atoms with E-state index in [1.807, 2.05) is 0 Å². The average Bonchev–Trinajstić information content (AvgIpc) is 2.42. The third kappa shape index (κ3) is 3.82. The molecular weight excluding hydrogens is 222 g/mol. The Balaban J connectivity index is 2.43. The normalized spacial score (nSPS) is 13.6. The summed E-state index contributed by atoms with van der Waals surface area (Å²) >= 11 is 0. The fraction of sp³-hybridized carbons (Fsp3) is 0.625. The van der Waals surface area contributed by atoms with Crippen LogP contribution >= 0.6 is 0 Å². The predicted octanol–water partition coefficient (Wildman–Crippen LogP) is 3.54. The Morgan fingerprint density at radius 1 is 1.17 bits per heavy atom. The molecule has 2 N–H and O–H groups in total. The summed E-state index contributed by atoms with van der Waals surface area (Å²) in [6.45, 7) is 4.31. The molecule has 0 aliphatic carbocycles. The minimum atomic E-state index is -0.142. The van der Waals surface area contributed by atoms with Gasteiger partial charge >= 0.3 is 0 Å². The number of hydrogen-bond donors (Lipinski definition) is 1. The average molecular weight is 249 g/mol. The Kier molecular flexibility index (Phi) is 6.37. The second-order valence-electron chi connectivity index (χ2n) is 4.96. The molecular formula is C16H27NO. The third-order valence-electron chi connectivity index (χ3n) is 4.10. The lowest BCUT2D eigenvalue weighted by Gasteiger charge is -2.36. The lowest BCUT2D eigenvalue weighted by atomic mass is 9.85. The van der Waals surface area contributed by atoms with E-state index >= 15 is 0 Å². The second kappa shape index (κ2) is 7.55. The van der Waals surface area contributed by atoms with Crippen LogP contribution in [0, 0.1) is 0 Å². The van der Waals surface area contributed by atoms with Crippen LogP contribution in [0.1, 0.15) is 45.1 Å². The molecule has 1 unspecified atom stereocenters. The molecule has 0 aliphatic rings. The van der Waals surface area contributed by atoms with Crippen molar-refractivity contribution in [2.24, 2.45) is 5.73 Å². The van der Waals surface area contributed by atoms with Crippen LogP contribution in [0.5, 0.6) is 0 Å². The van der Waals surface area contributed by atoms with E-state index in [1.54, 1.807) is 7.11 Å². The van der Waals surface area contributed by atoms with E-state index in [0.717, 1.165) is 32.1 Å². The van der Waals surface area contributed by atoms with E-state index in [1.165, 1.54) is 5.56 Å². The van der Waals surface area contributed by atoms with Gasteiger partial charge in [-0.25, -0.2) is 0 Å². The van der Waals surface area contributed by atoms with Crippen molar-refractivity contribution in [1.82, 2.24) is 0 Å². The fourth-order valence-corrected chi connectivity index (χ4v) is 2.65. The highest BCUT2D eigenvalue weighted by atomic mass is 16.5. The van der Waals surface area contributed by atoms with Crippen molar-refractivity contribution in [3.8, 4) is 0 Å². The van der Waals surface area contributed by atoms with Crippen LogP contribution in [0.4, 0.5) is 0 Å². The maximum Gasteiger partial charge on any atom is 0.0823 e. The Hall–Kier alpha value is -0.860. The number of hydrogen-bond acceptors (Lipinski definition) is 2. The van der Waals surface area contributed by atoms with E-state index in [0.29, 0.717) is 0 Å². The number of rotatable bonds is 8. The number of aryl methyl sites for hydroxylation is 1. The first-order valence-corrected chi connectivity index (χ1v) is 7.03. The van der Waals surface area contributed by atoms with Crippen LogP contribution in [0.3, 0.4) is 0 Å². The molecule has 1 rings (SSSR count). The largest absolute Gasteiger partial charge is 0.377 e. The molecule has 0 heterocycles. The first kappa shape index (κ1) is 15.2. The summed E-state index contributed by atoms with van der Waals surface area (Å²) in [5.41, 5.74) is 7.57. The maximum atomic E-state index is 6.32. The van der Waals surface area contributed by atoms with Crippen LogP contribution < -0.4 is 5.73 Å². The Bertz CT molecular complexity index is 311. The van der Waals surface area contributed by atoms with Crippen molar-refractivity contribution in [2.45, 2.75) is 57.6 Å². The number of benzene rings is 1. The third-order valence-corrected chi connectivity index (χ3v) is 4.10. The summed E-state index contributed by atoms with van der Waals surface area (Å²) < 4.78 is 5.68. The van der Waals surface area contributed by atoms with Crippen LogP contribution in [0.2, 0.25) is 0 Å². The minimum absolute atomic E-state index is 0.126. The molecule has 0 amide bonds. The molecule has 0 saturated heterocycles. The van der Waals surface area contributed by atoms with Gasteiger partial charge in [-0.2, -0.15) is 0 Å². The van der Waals surface area contributed by atoms with E-state index < -0.39 is 0 Å². The molecule has 0 fully saturated rings. The number of ether oxygens (including phenoxy) is 1. The van der Waals surface area contributed by atoms with Gasteiger partial charge in [0, 0.05) is 13.2 Å².